The maximum atomic E-state index is 11.3. The number of benzene rings is 2. The maximum absolute atomic E-state index is 11.3. The van der Waals surface area contributed by atoms with Crippen molar-refractivity contribution >= 4 is 5.69 Å². The van der Waals surface area contributed by atoms with Gasteiger partial charge in [-0.15, -0.1) is 0 Å². The normalized spacial score (nSPS) is 24.2. The lowest BCUT2D eigenvalue weighted by Gasteiger charge is -2.42. The minimum Gasteiger partial charge on any atom is -0.490 e. The lowest BCUT2D eigenvalue weighted by molar-refractivity contribution is -0.0743. The molecule has 6 heteroatoms. The van der Waals surface area contributed by atoms with Gasteiger partial charge < -0.3 is 24.6 Å². The van der Waals surface area contributed by atoms with E-state index in [4.69, 9.17) is 9.47 Å². The number of hydrogen-bond donors (Lipinski definition) is 2. The predicted molar refractivity (Wildman–Crippen MR) is 126 cm³/mol. The summed E-state index contributed by atoms with van der Waals surface area (Å²) in [6, 6.07) is 16.4. The summed E-state index contributed by atoms with van der Waals surface area (Å²) in [6.07, 6.45) is 1.41. The van der Waals surface area contributed by atoms with E-state index in [1.807, 2.05) is 31.2 Å². The highest BCUT2D eigenvalue weighted by Crippen LogP contribution is 2.28. The number of hydrogen-bond acceptors (Lipinski definition) is 6. The molecule has 2 N–H and O–H groups in total. The van der Waals surface area contributed by atoms with E-state index in [1.54, 1.807) is 0 Å². The Bertz CT molecular complexity index is 880. The molecule has 2 aliphatic heterocycles. The standard InChI is InChI=1S/C26H36N2O4/c1-21-7-9-23(10-8-21)28-13-11-25(29,12-14-28)17-27-15-16-31-19-26(30,18-27)20-32-24-6-4-3-5-22(24)2/h3-10,29-30H,11-20H2,1-2H3. The van der Waals surface area contributed by atoms with Gasteiger partial charge >= 0.3 is 0 Å². The van der Waals surface area contributed by atoms with Crippen LogP contribution in [0.5, 0.6) is 5.75 Å². The molecular weight excluding hydrogens is 404 g/mol. The molecular formula is C26H36N2O4. The molecule has 0 aliphatic carbocycles. The molecule has 32 heavy (non-hydrogen) atoms. The smallest absolute Gasteiger partial charge is 0.134 e. The first-order valence-electron chi connectivity index (χ1n) is 11.6. The van der Waals surface area contributed by atoms with Crippen LogP contribution in [0.1, 0.15) is 24.0 Å². The second-order valence-electron chi connectivity index (χ2n) is 9.59. The SMILES string of the molecule is Cc1ccc(N2CCC(O)(CN3CCOCC(O)(COc4ccccc4C)C3)CC2)cc1. The van der Waals surface area contributed by atoms with Gasteiger partial charge in [0, 0.05) is 38.4 Å². The fourth-order valence-corrected chi connectivity index (χ4v) is 4.66. The van der Waals surface area contributed by atoms with Gasteiger partial charge in [0.2, 0.25) is 0 Å². The van der Waals surface area contributed by atoms with E-state index in [2.05, 4.69) is 41.0 Å². The Morgan fingerprint density at radius 1 is 0.938 bits per heavy atom. The molecule has 6 nitrogen and oxygen atoms in total. The van der Waals surface area contributed by atoms with E-state index in [-0.39, 0.29) is 13.2 Å². The third-order valence-electron chi connectivity index (χ3n) is 6.64. The first kappa shape index (κ1) is 23.1. The number of para-hydroxylation sites is 1. The lowest BCUT2D eigenvalue weighted by atomic mass is 9.90. The average Bonchev–Trinajstić information content (AvgIpc) is 2.95. The third-order valence-corrected chi connectivity index (χ3v) is 6.64. The summed E-state index contributed by atoms with van der Waals surface area (Å²) in [7, 11) is 0. The highest BCUT2D eigenvalue weighted by Gasteiger charge is 2.39. The number of piperidine rings is 1. The topological polar surface area (TPSA) is 65.4 Å². The fourth-order valence-electron chi connectivity index (χ4n) is 4.66. The molecule has 0 amide bonds. The van der Waals surface area contributed by atoms with Crippen molar-refractivity contribution in [3.63, 3.8) is 0 Å². The maximum Gasteiger partial charge on any atom is 0.134 e. The summed E-state index contributed by atoms with van der Waals surface area (Å²) < 4.78 is 11.6. The van der Waals surface area contributed by atoms with Crippen molar-refractivity contribution in [3.8, 4) is 5.75 Å². The fraction of sp³-hybridized carbons (Fsp3) is 0.538. The molecule has 174 valence electrons. The molecule has 1 unspecified atom stereocenters. The molecule has 0 radical (unpaired) electrons. The lowest BCUT2D eigenvalue weighted by Crippen LogP contribution is -2.55. The Labute approximate surface area is 191 Å². The summed E-state index contributed by atoms with van der Waals surface area (Å²) >= 11 is 0. The number of aryl methyl sites for hydroxylation is 2. The van der Waals surface area contributed by atoms with Crippen LogP contribution in [0, 0.1) is 13.8 Å². The summed E-state index contributed by atoms with van der Waals surface area (Å²) in [4.78, 5) is 4.47. The van der Waals surface area contributed by atoms with Crippen molar-refractivity contribution in [2.45, 2.75) is 37.9 Å². The molecule has 2 fully saturated rings. The van der Waals surface area contributed by atoms with Crippen molar-refractivity contribution < 1.29 is 19.7 Å². The highest BCUT2D eigenvalue weighted by molar-refractivity contribution is 5.48. The zero-order valence-electron chi connectivity index (χ0n) is 19.3. The number of β-amino-alcohol motifs (C(OH)–C–C–N with tert-alkyl or cyclic N) is 2. The van der Waals surface area contributed by atoms with Crippen LogP contribution in [-0.2, 0) is 4.74 Å². The predicted octanol–water partition coefficient (Wildman–Crippen LogP) is 2.78. The van der Waals surface area contributed by atoms with Gasteiger partial charge in [-0.25, -0.2) is 0 Å². The monoisotopic (exact) mass is 440 g/mol. The summed E-state index contributed by atoms with van der Waals surface area (Å²) in [6.45, 7) is 8.31. The van der Waals surface area contributed by atoms with Crippen LogP contribution in [0.25, 0.3) is 0 Å². The molecule has 1 atom stereocenters. The van der Waals surface area contributed by atoms with Gasteiger partial charge in [-0.2, -0.15) is 0 Å². The van der Waals surface area contributed by atoms with Gasteiger partial charge in [0.25, 0.3) is 0 Å². The zero-order valence-corrected chi connectivity index (χ0v) is 19.3. The van der Waals surface area contributed by atoms with Crippen LogP contribution in [0.2, 0.25) is 0 Å². The molecule has 0 saturated carbocycles. The third kappa shape index (κ3) is 5.81. The number of aliphatic hydroxyl groups is 2. The highest BCUT2D eigenvalue weighted by atomic mass is 16.5. The first-order valence-corrected chi connectivity index (χ1v) is 11.6. The van der Waals surface area contributed by atoms with Gasteiger partial charge in [0.05, 0.1) is 18.8 Å². The molecule has 0 bridgehead atoms. The molecule has 2 aromatic rings. The molecule has 4 rings (SSSR count). The minimum atomic E-state index is -1.11. The van der Waals surface area contributed by atoms with Crippen LogP contribution >= 0.6 is 0 Å². The van der Waals surface area contributed by atoms with Gasteiger partial charge in [0.1, 0.15) is 18.0 Å². The Kier molecular flexibility index (Phi) is 7.05. The Morgan fingerprint density at radius 2 is 1.66 bits per heavy atom. The number of nitrogens with zero attached hydrogens (tertiary/aromatic N) is 2. The van der Waals surface area contributed by atoms with Crippen molar-refractivity contribution in [1.82, 2.24) is 4.90 Å². The molecule has 2 heterocycles. The van der Waals surface area contributed by atoms with E-state index >= 15 is 0 Å². The van der Waals surface area contributed by atoms with E-state index in [9.17, 15) is 10.2 Å². The van der Waals surface area contributed by atoms with Crippen molar-refractivity contribution in [3.05, 3.63) is 59.7 Å². The van der Waals surface area contributed by atoms with E-state index in [1.165, 1.54) is 11.3 Å². The Morgan fingerprint density at radius 3 is 2.38 bits per heavy atom. The quantitative estimate of drug-likeness (QED) is 0.720. The molecule has 2 saturated heterocycles. The number of anilines is 1. The summed E-state index contributed by atoms with van der Waals surface area (Å²) in [5, 5.41) is 22.5. The van der Waals surface area contributed by atoms with Crippen LogP contribution in [-0.4, -0.2) is 78.9 Å². The van der Waals surface area contributed by atoms with Gasteiger partial charge in [-0.1, -0.05) is 35.9 Å². The summed E-state index contributed by atoms with van der Waals surface area (Å²) in [5.41, 5.74) is 1.63. The molecule has 2 aliphatic rings. The largest absolute Gasteiger partial charge is 0.490 e. The van der Waals surface area contributed by atoms with Crippen LogP contribution in [0.4, 0.5) is 5.69 Å². The Hall–Kier alpha value is -2.12. The minimum absolute atomic E-state index is 0.161. The van der Waals surface area contributed by atoms with Crippen molar-refractivity contribution in [2.75, 3.05) is 57.4 Å². The molecule has 0 spiro atoms. The van der Waals surface area contributed by atoms with Crippen LogP contribution in [0.15, 0.2) is 48.5 Å². The number of rotatable bonds is 6. The second kappa shape index (κ2) is 9.79. The van der Waals surface area contributed by atoms with Crippen LogP contribution in [0.3, 0.4) is 0 Å². The van der Waals surface area contributed by atoms with Crippen LogP contribution < -0.4 is 9.64 Å². The van der Waals surface area contributed by atoms with E-state index in [0.717, 1.165) is 24.4 Å². The van der Waals surface area contributed by atoms with Gasteiger partial charge in [0.15, 0.2) is 0 Å². The van der Waals surface area contributed by atoms with E-state index < -0.39 is 11.2 Å². The molecule has 0 aromatic heterocycles. The number of ether oxygens (including phenoxy) is 2. The van der Waals surface area contributed by atoms with Crippen molar-refractivity contribution in [1.29, 1.82) is 0 Å². The second-order valence-corrected chi connectivity index (χ2v) is 9.59. The Balaban J connectivity index is 1.33. The van der Waals surface area contributed by atoms with Gasteiger partial charge in [-0.05, 0) is 50.5 Å². The summed E-state index contributed by atoms with van der Waals surface area (Å²) in [5.74, 6) is 0.777. The van der Waals surface area contributed by atoms with Gasteiger partial charge in [-0.3, -0.25) is 4.90 Å². The first-order chi connectivity index (χ1) is 15.3. The van der Waals surface area contributed by atoms with Crippen molar-refractivity contribution in [2.24, 2.45) is 0 Å². The molecule has 2 aromatic carbocycles. The zero-order chi connectivity index (χ0) is 22.6. The van der Waals surface area contributed by atoms with E-state index in [0.29, 0.717) is 39.1 Å². The average molecular weight is 441 g/mol.